The van der Waals surface area contributed by atoms with Crippen molar-refractivity contribution in [2.75, 3.05) is 33.4 Å². The van der Waals surface area contributed by atoms with Gasteiger partial charge in [-0.15, -0.1) is 11.3 Å². The summed E-state index contributed by atoms with van der Waals surface area (Å²) < 4.78 is 11.7. The Hall–Kier alpha value is -0.130. The van der Waals surface area contributed by atoms with Crippen molar-refractivity contribution in [1.82, 2.24) is 5.32 Å². The number of methoxy groups -OCH3 is 1. The van der Waals surface area contributed by atoms with E-state index in [-0.39, 0.29) is 11.5 Å². The van der Waals surface area contributed by atoms with Crippen LogP contribution >= 0.6 is 22.9 Å². The second-order valence-corrected chi connectivity index (χ2v) is 6.98. The third-order valence-corrected chi connectivity index (χ3v) is 5.18. The molecule has 2 atom stereocenters. The van der Waals surface area contributed by atoms with E-state index in [0.29, 0.717) is 0 Å². The van der Waals surface area contributed by atoms with Gasteiger partial charge >= 0.3 is 0 Å². The van der Waals surface area contributed by atoms with E-state index < -0.39 is 0 Å². The average Bonchev–Trinajstić information content (AvgIpc) is 2.94. The van der Waals surface area contributed by atoms with Crippen molar-refractivity contribution < 1.29 is 9.47 Å². The van der Waals surface area contributed by atoms with Gasteiger partial charge in [0.1, 0.15) is 0 Å². The second kappa shape index (κ2) is 7.04. The highest BCUT2D eigenvalue weighted by Gasteiger charge is 2.41. The highest BCUT2D eigenvalue weighted by molar-refractivity contribution is 7.16. The molecule has 1 N–H and O–H groups in total. The fourth-order valence-corrected chi connectivity index (χ4v) is 3.89. The zero-order valence-electron chi connectivity index (χ0n) is 11.6. The summed E-state index contributed by atoms with van der Waals surface area (Å²) in [6.45, 7) is 5.63. The minimum absolute atomic E-state index is 0.182. The van der Waals surface area contributed by atoms with Crippen molar-refractivity contribution in [2.45, 2.75) is 25.9 Å². The van der Waals surface area contributed by atoms with E-state index in [4.69, 9.17) is 21.1 Å². The molecular weight excluding hydrogens is 282 g/mol. The number of hydrogen-bond acceptors (Lipinski definition) is 4. The summed E-state index contributed by atoms with van der Waals surface area (Å²) in [6, 6.07) is 4.11. The maximum absolute atomic E-state index is 6.03. The molecule has 0 spiro atoms. The van der Waals surface area contributed by atoms with Gasteiger partial charge in [0, 0.05) is 37.1 Å². The number of thiophene rings is 1. The summed E-state index contributed by atoms with van der Waals surface area (Å²) in [6.07, 6.45) is 2.42. The molecule has 1 aliphatic heterocycles. The molecule has 108 valence electrons. The highest BCUT2D eigenvalue weighted by atomic mass is 35.5. The summed E-state index contributed by atoms with van der Waals surface area (Å²) >= 11 is 7.70. The minimum atomic E-state index is 0.182. The van der Waals surface area contributed by atoms with Crippen LogP contribution in [0.5, 0.6) is 0 Å². The van der Waals surface area contributed by atoms with Crippen molar-refractivity contribution in [2.24, 2.45) is 5.41 Å². The summed E-state index contributed by atoms with van der Waals surface area (Å²) in [4.78, 5) is 1.34. The first-order chi connectivity index (χ1) is 9.16. The van der Waals surface area contributed by atoms with Crippen molar-refractivity contribution in [3.8, 4) is 0 Å². The zero-order valence-corrected chi connectivity index (χ0v) is 13.1. The van der Waals surface area contributed by atoms with Crippen LogP contribution in [0.3, 0.4) is 0 Å². The molecule has 2 rings (SSSR count). The zero-order chi connectivity index (χ0) is 13.7. The van der Waals surface area contributed by atoms with Crippen molar-refractivity contribution in [1.29, 1.82) is 0 Å². The molecule has 1 aromatic heterocycles. The molecule has 1 saturated heterocycles. The Balaban J connectivity index is 1.98. The van der Waals surface area contributed by atoms with Crippen LogP contribution in [-0.4, -0.2) is 39.5 Å². The lowest BCUT2D eigenvalue weighted by Crippen LogP contribution is -2.42. The normalized spacial score (nSPS) is 27.0. The molecule has 0 bridgehead atoms. The molecule has 0 amide bonds. The van der Waals surface area contributed by atoms with Crippen LogP contribution in [0, 0.1) is 5.41 Å². The van der Waals surface area contributed by atoms with E-state index >= 15 is 0 Å². The summed E-state index contributed by atoms with van der Waals surface area (Å²) in [5, 5.41) is 3.49. The van der Waals surface area contributed by atoms with Gasteiger partial charge in [0.15, 0.2) is 0 Å². The fourth-order valence-electron chi connectivity index (χ4n) is 2.65. The number of ether oxygens (including phenoxy) is 2. The molecule has 1 fully saturated rings. The summed E-state index contributed by atoms with van der Waals surface area (Å²) in [7, 11) is 1.73. The smallest absolute Gasteiger partial charge is 0.0931 e. The lowest BCUT2D eigenvalue weighted by Gasteiger charge is -2.32. The predicted molar refractivity (Wildman–Crippen MR) is 80.2 cm³/mol. The van der Waals surface area contributed by atoms with Crippen LogP contribution < -0.4 is 5.32 Å². The topological polar surface area (TPSA) is 30.5 Å². The monoisotopic (exact) mass is 303 g/mol. The van der Waals surface area contributed by atoms with E-state index in [0.717, 1.165) is 43.5 Å². The van der Waals surface area contributed by atoms with Gasteiger partial charge in [-0.25, -0.2) is 0 Å². The SMILES string of the molecule is COCCNCC1(Cc2ccc(Cl)s2)CCOC1C. The lowest BCUT2D eigenvalue weighted by atomic mass is 9.78. The minimum Gasteiger partial charge on any atom is -0.383 e. The number of nitrogens with one attached hydrogen (secondary N) is 1. The lowest BCUT2D eigenvalue weighted by molar-refractivity contribution is 0.0623. The highest BCUT2D eigenvalue weighted by Crippen LogP contribution is 2.39. The second-order valence-electron chi connectivity index (χ2n) is 5.18. The van der Waals surface area contributed by atoms with Gasteiger partial charge in [-0.1, -0.05) is 11.6 Å². The molecule has 1 aliphatic rings. The first kappa shape index (κ1) is 15.3. The van der Waals surface area contributed by atoms with Gasteiger partial charge in [0.2, 0.25) is 0 Å². The van der Waals surface area contributed by atoms with Crippen molar-refractivity contribution >= 4 is 22.9 Å². The number of hydrogen-bond donors (Lipinski definition) is 1. The molecule has 3 nitrogen and oxygen atoms in total. The van der Waals surface area contributed by atoms with E-state index in [1.807, 2.05) is 6.07 Å². The van der Waals surface area contributed by atoms with Gasteiger partial charge in [0.05, 0.1) is 17.0 Å². The molecule has 0 aromatic carbocycles. The number of halogens is 1. The Bertz CT molecular complexity index is 399. The molecule has 5 heteroatoms. The van der Waals surface area contributed by atoms with E-state index in [2.05, 4.69) is 18.3 Å². The molecule has 0 aliphatic carbocycles. The summed E-state index contributed by atoms with van der Waals surface area (Å²) in [5.41, 5.74) is 0.182. The van der Waals surface area contributed by atoms with Crippen molar-refractivity contribution in [3.05, 3.63) is 21.3 Å². The quantitative estimate of drug-likeness (QED) is 0.786. The van der Waals surface area contributed by atoms with E-state index in [1.165, 1.54) is 4.88 Å². The predicted octanol–water partition coefficient (Wildman–Crippen LogP) is 2.98. The van der Waals surface area contributed by atoms with Gasteiger partial charge < -0.3 is 14.8 Å². The fraction of sp³-hybridized carbons (Fsp3) is 0.714. The van der Waals surface area contributed by atoms with Gasteiger partial charge in [-0.05, 0) is 31.9 Å². The Kier molecular flexibility index (Phi) is 5.66. The van der Waals surface area contributed by atoms with Gasteiger partial charge in [0.25, 0.3) is 0 Å². The maximum atomic E-state index is 6.03. The third kappa shape index (κ3) is 3.92. The molecular formula is C14H22ClNO2S. The van der Waals surface area contributed by atoms with Crippen LogP contribution in [0.1, 0.15) is 18.2 Å². The molecule has 2 unspecified atom stereocenters. The molecule has 1 aromatic rings. The molecule has 2 heterocycles. The Morgan fingerprint density at radius 2 is 2.42 bits per heavy atom. The van der Waals surface area contributed by atoms with E-state index in [1.54, 1.807) is 18.4 Å². The molecule has 0 saturated carbocycles. The van der Waals surface area contributed by atoms with Gasteiger partial charge in [-0.2, -0.15) is 0 Å². The maximum Gasteiger partial charge on any atom is 0.0931 e. The first-order valence-corrected chi connectivity index (χ1v) is 7.91. The van der Waals surface area contributed by atoms with Crippen LogP contribution in [-0.2, 0) is 15.9 Å². The standard InChI is InChI=1S/C14H22ClNO2S/c1-11-14(5-7-18-11,10-16-6-8-17-2)9-12-3-4-13(15)19-12/h3-4,11,16H,5-10H2,1-2H3. The van der Waals surface area contributed by atoms with Gasteiger partial charge in [-0.3, -0.25) is 0 Å². The first-order valence-electron chi connectivity index (χ1n) is 6.72. The average molecular weight is 304 g/mol. The molecule has 0 radical (unpaired) electrons. The van der Waals surface area contributed by atoms with Crippen molar-refractivity contribution in [3.63, 3.8) is 0 Å². The van der Waals surface area contributed by atoms with Crippen LogP contribution in [0.15, 0.2) is 12.1 Å². The Labute approximate surface area is 124 Å². The third-order valence-electron chi connectivity index (χ3n) is 3.95. The Morgan fingerprint density at radius 1 is 1.58 bits per heavy atom. The number of rotatable bonds is 7. The Morgan fingerprint density at radius 3 is 3.00 bits per heavy atom. The van der Waals surface area contributed by atoms with Crippen LogP contribution in [0.4, 0.5) is 0 Å². The largest absolute Gasteiger partial charge is 0.383 e. The van der Waals surface area contributed by atoms with Crippen LogP contribution in [0.25, 0.3) is 0 Å². The summed E-state index contributed by atoms with van der Waals surface area (Å²) in [5.74, 6) is 0. The van der Waals surface area contributed by atoms with Crippen LogP contribution in [0.2, 0.25) is 4.34 Å². The van der Waals surface area contributed by atoms with E-state index in [9.17, 15) is 0 Å². The molecule has 19 heavy (non-hydrogen) atoms.